The molecule has 4 nitrogen and oxygen atoms in total. The molecule has 0 unspecified atom stereocenters. The highest BCUT2D eigenvalue weighted by Crippen LogP contribution is 2.09. The van der Waals surface area contributed by atoms with Gasteiger partial charge in [0, 0.05) is 12.6 Å². The first-order valence-electron chi connectivity index (χ1n) is 6.49. The zero-order chi connectivity index (χ0) is 14.3. The largest absolute Gasteiger partial charge is 0.468 e. The molecule has 0 bridgehead atoms. The molecular weight excluding hydrogens is 242 g/mol. The highest BCUT2D eigenvalue weighted by atomic mass is 16.5. The monoisotopic (exact) mass is 263 g/mol. The lowest BCUT2D eigenvalue weighted by atomic mass is 10.1. The summed E-state index contributed by atoms with van der Waals surface area (Å²) in [6.45, 7) is 2.12. The van der Waals surface area contributed by atoms with Gasteiger partial charge in [0.2, 0.25) is 0 Å². The number of carbonyl (C=O) groups excluding carboxylic acids is 2. The van der Waals surface area contributed by atoms with Crippen molar-refractivity contribution >= 4 is 11.9 Å². The van der Waals surface area contributed by atoms with E-state index in [2.05, 4.69) is 11.7 Å². The van der Waals surface area contributed by atoms with Crippen LogP contribution in [0.3, 0.4) is 0 Å². The van der Waals surface area contributed by atoms with Crippen molar-refractivity contribution in [3.63, 3.8) is 0 Å². The van der Waals surface area contributed by atoms with E-state index in [0.717, 1.165) is 19.3 Å². The second-order valence-electron chi connectivity index (χ2n) is 4.54. The lowest BCUT2D eigenvalue weighted by Gasteiger charge is -2.15. The number of amides is 1. The topological polar surface area (TPSA) is 46.6 Å². The zero-order valence-electron chi connectivity index (χ0n) is 11.8. The molecule has 0 heterocycles. The van der Waals surface area contributed by atoms with Crippen molar-refractivity contribution in [3.05, 3.63) is 35.4 Å². The maximum Gasteiger partial charge on any atom is 0.325 e. The normalized spacial score (nSPS) is 10.1. The number of esters is 1. The fourth-order valence-corrected chi connectivity index (χ4v) is 1.75. The number of hydrogen-bond acceptors (Lipinski definition) is 3. The van der Waals surface area contributed by atoms with Crippen molar-refractivity contribution in [1.29, 1.82) is 0 Å². The van der Waals surface area contributed by atoms with E-state index >= 15 is 0 Å². The first kappa shape index (κ1) is 15.2. The maximum atomic E-state index is 12.0. The Morgan fingerprint density at radius 2 is 1.84 bits per heavy atom. The molecule has 0 N–H and O–H groups in total. The second kappa shape index (κ2) is 7.56. The molecule has 0 saturated carbocycles. The molecule has 19 heavy (non-hydrogen) atoms. The number of carbonyl (C=O) groups is 2. The summed E-state index contributed by atoms with van der Waals surface area (Å²) in [6, 6.07) is 7.55. The summed E-state index contributed by atoms with van der Waals surface area (Å²) in [6.07, 6.45) is 3.33. The minimum atomic E-state index is -0.421. The first-order chi connectivity index (χ1) is 9.08. The summed E-state index contributed by atoms with van der Waals surface area (Å²) < 4.78 is 4.54. The van der Waals surface area contributed by atoms with Crippen LogP contribution in [0.1, 0.15) is 35.7 Å². The van der Waals surface area contributed by atoms with Crippen molar-refractivity contribution < 1.29 is 14.3 Å². The summed E-state index contributed by atoms with van der Waals surface area (Å²) >= 11 is 0. The fraction of sp³-hybridized carbons (Fsp3) is 0.467. The summed E-state index contributed by atoms with van der Waals surface area (Å²) in [7, 11) is 2.90. The predicted octanol–water partition coefficient (Wildman–Crippen LogP) is 2.27. The summed E-state index contributed by atoms with van der Waals surface area (Å²) in [5.41, 5.74) is 1.82. The molecule has 1 aromatic carbocycles. The van der Waals surface area contributed by atoms with Crippen LogP contribution in [0.5, 0.6) is 0 Å². The van der Waals surface area contributed by atoms with Crippen molar-refractivity contribution in [1.82, 2.24) is 4.90 Å². The molecule has 0 aromatic heterocycles. The van der Waals surface area contributed by atoms with Gasteiger partial charge in [-0.25, -0.2) is 0 Å². The van der Waals surface area contributed by atoms with E-state index in [1.807, 2.05) is 12.1 Å². The van der Waals surface area contributed by atoms with Crippen molar-refractivity contribution in [2.24, 2.45) is 0 Å². The molecule has 1 aromatic rings. The predicted molar refractivity (Wildman–Crippen MR) is 74.0 cm³/mol. The Morgan fingerprint density at radius 3 is 2.37 bits per heavy atom. The van der Waals surface area contributed by atoms with E-state index < -0.39 is 5.97 Å². The van der Waals surface area contributed by atoms with Crippen LogP contribution in [0, 0.1) is 0 Å². The molecule has 4 heteroatoms. The molecule has 0 aliphatic carbocycles. The quantitative estimate of drug-likeness (QED) is 0.740. The number of likely N-dealkylation sites (N-methyl/N-ethyl adjacent to an activating group) is 1. The Balaban J connectivity index is 2.64. The molecule has 104 valence electrons. The second-order valence-corrected chi connectivity index (χ2v) is 4.54. The molecule has 0 radical (unpaired) electrons. The van der Waals surface area contributed by atoms with Crippen LogP contribution >= 0.6 is 0 Å². The summed E-state index contributed by atoms with van der Waals surface area (Å²) in [5, 5.41) is 0. The van der Waals surface area contributed by atoms with Gasteiger partial charge in [0.15, 0.2) is 0 Å². The SMILES string of the molecule is CCCCc1ccc(C(=O)N(C)CC(=O)OC)cc1. The van der Waals surface area contributed by atoms with Gasteiger partial charge in [-0.3, -0.25) is 9.59 Å². The Morgan fingerprint density at radius 1 is 1.21 bits per heavy atom. The van der Waals surface area contributed by atoms with Crippen LogP contribution in [-0.4, -0.2) is 37.5 Å². The molecule has 0 spiro atoms. The molecule has 1 amide bonds. The first-order valence-corrected chi connectivity index (χ1v) is 6.49. The summed E-state index contributed by atoms with van der Waals surface area (Å²) in [5.74, 6) is -0.595. The van der Waals surface area contributed by atoms with Gasteiger partial charge in [-0.2, -0.15) is 0 Å². The third-order valence-electron chi connectivity index (χ3n) is 2.96. The van der Waals surface area contributed by atoms with Gasteiger partial charge in [-0.05, 0) is 30.5 Å². The Labute approximate surface area is 114 Å². The minimum Gasteiger partial charge on any atom is -0.468 e. The van der Waals surface area contributed by atoms with Gasteiger partial charge in [-0.15, -0.1) is 0 Å². The Kier molecular flexibility index (Phi) is 6.06. The van der Waals surface area contributed by atoms with Crippen LogP contribution in [0.25, 0.3) is 0 Å². The van der Waals surface area contributed by atoms with Crippen molar-refractivity contribution in [2.75, 3.05) is 20.7 Å². The van der Waals surface area contributed by atoms with Crippen molar-refractivity contribution in [2.45, 2.75) is 26.2 Å². The smallest absolute Gasteiger partial charge is 0.325 e. The molecule has 0 saturated heterocycles. The van der Waals surface area contributed by atoms with Gasteiger partial charge in [0.25, 0.3) is 5.91 Å². The number of aryl methyl sites for hydroxylation is 1. The van der Waals surface area contributed by atoms with Gasteiger partial charge in [-0.1, -0.05) is 25.5 Å². The molecule has 0 aliphatic rings. The van der Waals surface area contributed by atoms with Gasteiger partial charge in [0.1, 0.15) is 6.54 Å². The number of ether oxygens (including phenoxy) is 1. The van der Waals surface area contributed by atoms with Crippen LogP contribution in [0.4, 0.5) is 0 Å². The average molecular weight is 263 g/mol. The number of benzene rings is 1. The van der Waals surface area contributed by atoms with E-state index in [-0.39, 0.29) is 12.5 Å². The van der Waals surface area contributed by atoms with Gasteiger partial charge >= 0.3 is 5.97 Å². The van der Waals surface area contributed by atoms with Crippen LogP contribution in [0.2, 0.25) is 0 Å². The van der Waals surface area contributed by atoms with Gasteiger partial charge in [0.05, 0.1) is 7.11 Å². The van der Waals surface area contributed by atoms with Gasteiger partial charge < -0.3 is 9.64 Å². The van der Waals surface area contributed by atoms with Crippen LogP contribution in [-0.2, 0) is 16.0 Å². The molecule has 0 fully saturated rings. The number of hydrogen-bond donors (Lipinski definition) is 0. The van der Waals surface area contributed by atoms with E-state index in [4.69, 9.17) is 0 Å². The summed E-state index contributed by atoms with van der Waals surface area (Å²) in [4.78, 5) is 24.5. The lowest BCUT2D eigenvalue weighted by Crippen LogP contribution is -2.32. The van der Waals surface area contributed by atoms with E-state index in [0.29, 0.717) is 5.56 Å². The highest BCUT2D eigenvalue weighted by Gasteiger charge is 2.14. The van der Waals surface area contributed by atoms with Crippen molar-refractivity contribution in [3.8, 4) is 0 Å². The average Bonchev–Trinajstić information content (AvgIpc) is 2.44. The van der Waals surface area contributed by atoms with E-state index in [1.54, 1.807) is 19.2 Å². The third-order valence-corrected chi connectivity index (χ3v) is 2.96. The number of unbranched alkanes of at least 4 members (excludes halogenated alkanes) is 1. The van der Waals surface area contributed by atoms with Crippen LogP contribution < -0.4 is 0 Å². The zero-order valence-corrected chi connectivity index (χ0v) is 11.8. The molecule has 0 atom stereocenters. The standard InChI is InChI=1S/C15H21NO3/c1-4-5-6-12-7-9-13(10-8-12)15(18)16(2)11-14(17)19-3/h7-10H,4-6,11H2,1-3H3. The lowest BCUT2D eigenvalue weighted by molar-refractivity contribution is -0.141. The van der Waals surface area contributed by atoms with E-state index in [1.165, 1.54) is 17.6 Å². The third kappa shape index (κ3) is 4.73. The number of methoxy groups -OCH3 is 1. The maximum absolute atomic E-state index is 12.0. The fourth-order valence-electron chi connectivity index (χ4n) is 1.75. The Hall–Kier alpha value is -1.84. The molecular formula is C15H21NO3. The highest BCUT2D eigenvalue weighted by molar-refractivity contribution is 5.95. The Bertz CT molecular complexity index is 426. The van der Waals surface area contributed by atoms with E-state index in [9.17, 15) is 9.59 Å². The molecule has 0 aliphatic heterocycles. The van der Waals surface area contributed by atoms with Crippen LogP contribution in [0.15, 0.2) is 24.3 Å². The number of nitrogens with zero attached hydrogens (tertiary/aromatic N) is 1. The number of rotatable bonds is 6. The molecule has 1 rings (SSSR count). The minimum absolute atomic E-state index is 0.0348.